The quantitative estimate of drug-likeness (QED) is 0.626. The van der Waals surface area contributed by atoms with Crippen LogP contribution in [-0.4, -0.2) is 11.9 Å². The zero-order valence-electron chi connectivity index (χ0n) is 9.86. The number of rotatable bonds is 2. The van der Waals surface area contributed by atoms with Crippen molar-refractivity contribution < 1.29 is 9.59 Å². The molecule has 1 aromatic carbocycles. The topological polar surface area (TPSA) is 49.4 Å². The lowest BCUT2D eigenvalue weighted by Gasteiger charge is -2.11. The first kappa shape index (κ1) is 11.4. The van der Waals surface area contributed by atoms with Crippen LogP contribution in [0.25, 0.3) is 0 Å². The molecule has 3 amide bonds. The number of urea groups is 1. The molecule has 0 bridgehead atoms. The Balaban J connectivity index is 2.40. The van der Waals surface area contributed by atoms with Gasteiger partial charge in [0.05, 0.1) is 5.69 Å². The highest BCUT2D eigenvalue weighted by molar-refractivity contribution is 6.27. The van der Waals surface area contributed by atoms with Crippen molar-refractivity contribution >= 4 is 17.6 Å². The molecule has 1 fully saturated rings. The largest absolute Gasteiger partial charge is 0.333 e. The molecule has 0 radical (unpaired) electrons. The Morgan fingerprint density at radius 1 is 1.24 bits per heavy atom. The summed E-state index contributed by atoms with van der Waals surface area (Å²) in [4.78, 5) is 25.0. The molecule has 1 aliphatic rings. The third-order valence-electron chi connectivity index (χ3n) is 2.82. The molecule has 1 N–H and O–H groups in total. The average molecular weight is 230 g/mol. The third kappa shape index (κ3) is 1.93. The van der Waals surface area contributed by atoms with Crippen LogP contribution in [0.1, 0.15) is 20.3 Å². The van der Waals surface area contributed by atoms with Crippen molar-refractivity contribution in [3.63, 3.8) is 0 Å². The molecule has 1 aromatic rings. The summed E-state index contributed by atoms with van der Waals surface area (Å²) < 4.78 is 0. The van der Waals surface area contributed by atoms with Gasteiger partial charge in [0.25, 0.3) is 5.91 Å². The van der Waals surface area contributed by atoms with E-state index in [9.17, 15) is 9.59 Å². The number of carbonyl (C=O) groups is 2. The maximum atomic E-state index is 12.1. The van der Waals surface area contributed by atoms with Crippen molar-refractivity contribution in [2.45, 2.75) is 20.3 Å². The molecule has 0 atom stereocenters. The molecule has 0 aromatic heterocycles. The fourth-order valence-electron chi connectivity index (χ4n) is 1.70. The van der Waals surface area contributed by atoms with E-state index in [-0.39, 0.29) is 11.9 Å². The summed E-state index contributed by atoms with van der Waals surface area (Å²) in [5, 5.41) is 2.62. The first-order chi connectivity index (χ1) is 8.15. The van der Waals surface area contributed by atoms with Gasteiger partial charge >= 0.3 is 6.03 Å². The molecule has 0 saturated carbocycles. The maximum Gasteiger partial charge on any atom is 0.333 e. The number of imide groups is 1. The standard InChI is InChI=1S/C13H14N2O2/c1-3-9(2)11-12(16)15(13(17)14-11)10-7-5-4-6-8-10/h4-8H,3H2,1-2H3,(H,14,17). The Hall–Kier alpha value is -2.10. The van der Waals surface area contributed by atoms with Gasteiger partial charge in [0.2, 0.25) is 0 Å². The SMILES string of the molecule is CCC(C)=C1NC(=O)N(c2ccccc2)C1=O. The van der Waals surface area contributed by atoms with Crippen LogP contribution in [0.3, 0.4) is 0 Å². The highest BCUT2D eigenvalue weighted by atomic mass is 16.2. The van der Waals surface area contributed by atoms with Crippen molar-refractivity contribution in [1.82, 2.24) is 5.32 Å². The smallest absolute Gasteiger partial charge is 0.302 e. The maximum absolute atomic E-state index is 12.1. The summed E-state index contributed by atoms with van der Waals surface area (Å²) >= 11 is 0. The van der Waals surface area contributed by atoms with E-state index in [4.69, 9.17) is 0 Å². The van der Waals surface area contributed by atoms with Crippen molar-refractivity contribution in [1.29, 1.82) is 0 Å². The van der Waals surface area contributed by atoms with Crippen LogP contribution < -0.4 is 10.2 Å². The van der Waals surface area contributed by atoms with Gasteiger partial charge in [-0.2, -0.15) is 0 Å². The van der Waals surface area contributed by atoms with E-state index >= 15 is 0 Å². The second-order valence-electron chi connectivity index (χ2n) is 3.92. The summed E-state index contributed by atoms with van der Waals surface area (Å²) in [5.74, 6) is -0.277. The van der Waals surface area contributed by atoms with Crippen molar-refractivity contribution in [2.24, 2.45) is 0 Å². The van der Waals surface area contributed by atoms with E-state index in [0.29, 0.717) is 11.4 Å². The number of nitrogens with one attached hydrogen (secondary N) is 1. The lowest BCUT2D eigenvalue weighted by molar-refractivity contribution is -0.114. The third-order valence-corrected chi connectivity index (χ3v) is 2.82. The average Bonchev–Trinajstić information content (AvgIpc) is 2.65. The van der Waals surface area contributed by atoms with Crippen molar-refractivity contribution in [3.05, 3.63) is 41.6 Å². The van der Waals surface area contributed by atoms with Gasteiger partial charge in [0.15, 0.2) is 0 Å². The molecule has 2 rings (SSSR count). The molecule has 1 saturated heterocycles. The van der Waals surface area contributed by atoms with E-state index < -0.39 is 0 Å². The highest BCUT2D eigenvalue weighted by Gasteiger charge is 2.35. The predicted octanol–water partition coefficient (Wildman–Crippen LogP) is 2.43. The van der Waals surface area contributed by atoms with E-state index in [1.165, 1.54) is 0 Å². The van der Waals surface area contributed by atoms with Crippen LogP contribution in [0.5, 0.6) is 0 Å². The number of nitrogens with zero attached hydrogens (tertiary/aromatic N) is 1. The van der Waals surface area contributed by atoms with Crippen LogP contribution in [-0.2, 0) is 4.79 Å². The molecular weight excluding hydrogens is 216 g/mol. The summed E-state index contributed by atoms with van der Waals surface area (Å²) in [5.41, 5.74) is 1.89. The lowest BCUT2D eigenvalue weighted by atomic mass is 10.2. The van der Waals surface area contributed by atoms with E-state index in [2.05, 4.69) is 5.32 Å². The van der Waals surface area contributed by atoms with Gasteiger partial charge in [-0.25, -0.2) is 9.69 Å². The Morgan fingerprint density at radius 2 is 1.88 bits per heavy atom. The molecule has 0 spiro atoms. The van der Waals surface area contributed by atoms with Crippen molar-refractivity contribution in [3.8, 4) is 0 Å². The number of hydrogen-bond donors (Lipinski definition) is 1. The molecule has 0 unspecified atom stereocenters. The summed E-state index contributed by atoms with van der Waals surface area (Å²) in [7, 11) is 0. The number of allylic oxidation sites excluding steroid dienone is 1. The van der Waals surface area contributed by atoms with Gasteiger partial charge in [0.1, 0.15) is 5.70 Å². The number of hydrogen-bond acceptors (Lipinski definition) is 2. The molecule has 1 aliphatic heterocycles. The van der Waals surface area contributed by atoms with Gasteiger partial charge in [0, 0.05) is 0 Å². The van der Waals surface area contributed by atoms with Gasteiger partial charge in [-0.05, 0) is 31.1 Å². The first-order valence-corrected chi connectivity index (χ1v) is 5.55. The van der Waals surface area contributed by atoms with Gasteiger partial charge in [-0.3, -0.25) is 4.79 Å². The minimum atomic E-state index is -0.385. The minimum Gasteiger partial charge on any atom is -0.302 e. The van der Waals surface area contributed by atoms with E-state index in [1.807, 2.05) is 19.9 Å². The Bertz CT molecular complexity index is 491. The minimum absolute atomic E-state index is 0.277. The zero-order chi connectivity index (χ0) is 12.4. The van der Waals surface area contributed by atoms with Gasteiger partial charge < -0.3 is 5.32 Å². The van der Waals surface area contributed by atoms with Crippen LogP contribution >= 0.6 is 0 Å². The number of para-hydroxylation sites is 1. The van der Waals surface area contributed by atoms with Crippen LogP contribution in [0, 0.1) is 0 Å². The molecule has 4 heteroatoms. The van der Waals surface area contributed by atoms with E-state index in [0.717, 1.165) is 16.9 Å². The van der Waals surface area contributed by atoms with Crippen LogP contribution in [0.2, 0.25) is 0 Å². The molecular formula is C13H14N2O2. The number of anilines is 1. The van der Waals surface area contributed by atoms with Crippen LogP contribution in [0.15, 0.2) is 41.6 Å². The highest BCUT2D eigenvalue weighted by Crippen LogP contribution is 2.22. The summed E-state index contributed by atoms with van der Waals surface area (Å²) in [6.07, 6.45) is 0.740. The molecule has 17 heavy (non-hydrogen) atoms. The predicted molar refractivity (Wildman–Crippen MR) is 65.5 cm³/mol. The lowest BCUT2D eigenvalue weighted by Crippen LogP contribution is -2.30. The second kappa shape index (κ2) is 4.41. The number of carbonyl (C=O) groups excluding carboxylic acids is 2. The molecule has 1 heterocycles. The second-order valence-corrected chi connectivity index (χ2v) is 3.92. The van der Waals surface area contributed by atoms with Crippen LogP contribution in [0.4, 0.5) is 10.5 Å². The first-order valence-electron chi connectivity index (χ1n) is 5.55. The van der Waals surface area contributed by atoms with E-state index in [1.54, 1.807) is 24.3 Å². The van der Waals surface area contributed by atoms with Gasteiger partial charge in [-0.1, -0.05) is 25.1 Å². The Labute approximate surface area is 99.9 Å². The molecule has 0 aliphatic carbocycles. The molecule has 88 valence electrons. The Kier molecular flexibility index (Phi) is 2.95. The molecule has 4 nitrogen and oxygen atoms in total. The zero-order valence-corrected chi connectivity index (χ0v) is 9.86. The summed E-state index contributed by atoms with van der Waals surface area (Å²) in [6.45, 7) is 3.80. The monoisotopic (exact) mass is 230 g/mol. The number of benzene rings is 1. The fraction of sp³-hybridized carbons (Fsp3) is 0.231. The van der Waals surface area contributed by atoms with Crippen molar-refractivity contribution in [2.75, 3.05) is 4.90 Å². The summed E-state index contributed by atoms with van der Waals surface area (Å²) in [6, 6.07) is 8.53. The van der Waals surface area contributed by atoms with Gasteiger partial charge in [-0.15, -0.1) is 0 Å². The normalized spacial score (nSPS) is 18.4. The number of amides is 3. The fourth-order valence-corrected chi connectivity index (χ4v) is 1.70. The Morgan fingerprint density at radius 3 is 2.47 bits per heavy atom.